The first kappa shape index (κ1) is 28.0. The average molecular weight is 598 g/mol. The number of piperidine rings is 1. The standard InChI is InChI=1S/C33H28FN11/c34-25-4-2-14-38-30(25)26-9-10-27-33(41-26)45(32(42-27)24-3-1-15-39-31(24)36)23-7-5-21(6-8-23)20-44-17-12-22(13-18-44)40-28-11-16-37-29(19-35)43-28/h1-11,14-16,22H,12-13,17-18,20H2,(H2,36,39)(H,37,40,43). The van der Waals surface area contributed by atoms with E-state index in [0.29, 0.717) is 39.9 Å². The Morgan fingerprint density at radius 2 is 1.69 bits per heavy atom. The van der Waals surface area contributed by atoms with Crippen LogP contribution in [0.5, 0.6) is 0 Å². The number of anilines is 2. The number of benzene rings is 1. The van der Waals surface area contributed by atoms with Gasteiger partial charge in [-0.1, -0.05) is 12.1 Å². The van der Waals surface area contributed by atoms with Crippen molar-refractivity contribution in [3.63, 3.8) is 0 Å². The SMILES string of the molecule is N#Cc1nccc(NC2CCN(Cc3ccc(-n4c(-c5cccnc5N)nc5ccc(-c6ncccc6F)nc54)cc3)CC2)n1. The number of nitrogens with two attached hydrogens (primary N) is 1. The van der Waals surface area contributed by atoms with E-state index >= 15 is 0 Å². The molecule has 1 aliphatic heterocycles. The summed E-state index contributed by atoms with van der Waals surface area (Å²) in [6.07, 6.45) is 6.71. The lowest BCUT2D eigenvalue weighted by molar-refractivity contribution is 0.211. The first-order chi connectivity index (χ1) is 22.1. The Bertz CT molecular complexity index is 2030. The summed E-state index contributed by atoms with van der Waals surface area (Å²) < 4.78 is 16.6. The maximum atomic E-state index is 14.6. The predicted octanol–water partition coefficient (Wildman–Crippen LogP) is 5.00. The van der Waals surface area contributed by atoms with Crippen molar-refractivity contribution < 1.29 is 4.39 Å². The van der Waals surface area contributed by atoms with Crippen LogP contribution in [0.2, 0.25) is 0 Å². The van der Waals surface area contributed by atoms with E-state index < -0.39 is 5.82 Å². The molecule has 11 nitrogen and oxygen atoms in total. The van der Waals surface area contributed by atoms with Crippen molar-refractivity contribution in [2.24, 2.45) is 0 Å². The Morgan fingerprint density at radius 3 is 2.47 bits per heavy atom. The minimum atomic E-state index is -0.446. The van der Waals surface area contributed by atoms with Crippen LogP contribution in [0.4, 0.5) is 16.0 Å². The number of hydrogen-bond donors (Lipinski definition) is 2. The molecule has 12 heteroatoms. The number of imidazole rings is 1. The molecule has 0 unspecified atom stereocenters. The Kier molecular flexibility index (Phi) is 7.51. The minimum Gasteiger partial charge on any atom is -0.383 e. The minimum absolute atomic E-state index is 0.166. The molecule has 222 valence electrons. The number of nitriles is 1. The van der Waals surface area contributed by atoms with E-state index in [2.05, 4.69) is 42.3 Å². The summed E-state index contributed by atoms with van der Waals surface area (Å²) in [7, 11) is 0. The molecule has 0 saturated carbocycles. The molecule has 3 N–H and O–H groups in total. The zero-order valence-electron chi connectivity index (χ0n) is 24.2. The van der Waals surface area contributed by atoms with Gasteiger partial charge in [-0.2, -0.15) is 5.26 Å². The zero-order chi connectivity index (χ0) is 30.8. The van der Waals surface area contributed by atoms with E-state index in [9.17, 15) is 4.39 Å². The normalized spacial score (nSPS) is 14.0. The van der Waals surface area contributed by atoms with E-state index in [1.807, 2.05) is 41.0 Å². The fraction of sp³-hybridized carbons (Fsp3) is 0.182. The molecular weight excluding hydrogens is 569 g/mol. The summed E-state index contributed by atoms with van der Waals surface area (Å²) in [4.78, 5) is 28.8. The molecule has 0 atom stereocenters. The highest BCUT2D eigenvalue weighted by molar-refractivity contribution is 5.84. The Labute approximate surface area is 258 Å². The van der Waals surface area contributed by atoms with Crippen molar-refractivity contribution in [3.05, 3.63) is 103 Å². The third kappa shape index (κ3) is 5.76. The van der Waals surface area contributed by atoms with Crippen molar-refractivity contribution >= 4 is 22.8 Å². The summed E-state index contributed by atoms with van der Waals surface area (Å²) in [5, 5.41) is 12.5. The monoisotopic (exact) mass is 597 g/mol. The number of aromatic nitrogens is 7. The van der Waals surface area contributed by atoms with Crippen LogP contribution < -0.4 is 11.1 Å². The molecule has 6 heterocycles. The van der Waals surface area contributed by atoms with Gasteiger partial charge in [0.2, 0.25) is 5.82 Å². The maximum absolute atomic E-state index is 14.6. The second-order valence-electron chi connectivity index (χ2n) is 10.8. The summed E-state index contributed by atoms with van der Waals surface area (Å²) in [6, 6.07) is 22.5. The van der Waals surface area contributed by atoms with Crippen LogP contribution in [0.3, 0.4) is 0 Å². The van der Waals surface area contributed by atoms with Gasteiger partial charge >= 0.3 is 0 Å². The number of likely N-dealkylation sites (tertiary alicyclic amines) is 1. The smallest absolute Gasteiger partial charge is 0.234 e. The van der Waals surface area contributed by atoms with Crippen LogP contribution in [0, 0.1) is 17.1 Å². The number of hydrogen-bond acceptors (Lipinski definition) is 10. The lowest BCUT2D eigenvalue weighted by Gasteiger charge is -2.32. The molecule has 0 spiro atoms. The van der Waals surface area contributed by atoms with E-state index in [4.69, 9.17) is 21.0 Å². The van der Waals surface area contributed by atoms with Crippen LogP contribution in [-0.2, 0) is 6.54 Å². The van der Waals surface area contributed by atoms with Crippen molar-refractivity contribution in [1.29, 1.82) is 5.26 Å². The number of halogens is 1. The number of nitrogens with one attached hydrogen (secondary N) is 1. The second-order valence-corrected chi connectivity index (χ2v) is 10.8. The van der Waals surface area contributed by atoms with Crippen molar-refractivity contribution in [1.82, 2.24) is 39.4 Å². The molecule has 1 saturated heterocycles. The van der Waals surface area contributed by atoms with Crippen LogP contribution >= 0.6 is 0 Å². The van der Waals surface area contributed by atoms with Gasteiger partial charge in [-0.15, -0.1) is 0 Å². The Hall–Kier alpha value is -5.80. The number of nitrogens with zero attached hydrogens (tertiary/aromatic N) is 9. The number of nitrogen functional groups attached to an aromatic ring is 1. The molecule has 0 aliphatic carbocycles. The number of pyridine rings is 3. The molecule has 0 radical (unpaired) electrons. The van der Waals surface area contributed by atoms with Gasteiger partial charge < -0.3 is 11.1 Å². The van der Waals surface area contributed by atoms with Gasteiger partial charge in [0, 0.05) is 50.0 Å². The summed E-state index contributed by atoms with van der Waals surface area (Å²) in [5.74, 6) is 1.35. The van der Waals surface area contributed by atoms with Crippen molar-refractivity contribution in [2.75, 3.05) is 24.1 Å². The zero-order valence-corrected chi connectivity index (χ0v) is 24.2. The third-order valence-electron chi connectivity index (χ3n) is 7.88. The van der Waals surface area contributed by atoms with Crippen LogP contribution in [0.1, 0.15) is 24.2 Å². The highest BCUT2D eigenvalue weighted by Crippen LogP contribution is 2.32. The molecule has 0 amide bonds. The predicted molar refractivity (Wildman–Crippen MR) is 168 cm³/mol. The van der Waals surface area contributed by atoms with Crippen molar-refractivity contribution in [2.45, 2.75) is 25.4 Å². The fourth-order valence-corrected chi connectivity index (χ4v) is 5.64. The summed E-state index contributed by atoms with van der Waals surface area (Å²) in [6.45, 7) is 2.68. The topological polar surface area (TPSA) is 147 Å². The molecule has 1 aromatic carbocycles. The van der Waals surface area contributed by atoms with E-state index in [-0.39, 0.29) is 17.6 Å². The van der Waals surface area contributed by atoms with Crippen LogP contribution in [0.15, 0.2) is 85.3 Å². The second kappa shape index (κ2) is 12.1. The fourth-order valence-electron chi connectivity index (χ4n) is 5.64. The molecule has 5 aromatic heterocycles. The van der Waals surface area contributed by atoms with E-state index in [0.717, 1.165) is 38.2 Å². The van der Waals surface area contributed by atoms with Gasteiger partial charge in [0.15, 0.2) is 17.3 Å². The molecule has 1 fully saturated rings. The van der Waals surface area contributed by atoms with E-state index in [1.165, 1.54) is 11.6 Å². The average Bonchev–Trinajstić information content (AvgIpc) is 3.45. The maximum Gasteiger partial charge on any atom is 0.234 e. The highest BCUT2D eigenvalue weighted by atomic mass is 19.1. The Morgan fingerprint density at radius 1 is 0.889 bits per heavy atom. The van der Waals surface area contributed by atoms with Crippen LogP contribution in [0.25, 0.3) is 39.6 Å². The summed E-state index contributed by atoms with van der Waals surface area (Å²) >= 11 is 0. The molecule has 6 aromatic rings. The van der Waals surface area contributed by atoms with Gasteiger partial charge in [0.05, 0.1) is 11.3 Å². The highest BCUT2D eigenvalue weighted by Gasteiger charge is 2.22. The first-order valence-corrected chi connectivity index (χ1v) is 14.6. The summed E-state index contributed by atoms with van der Waals surface area (Å²) in [5.41, 5.74) is 10.8. The molecule has 1 aliphatic rings. The van der Waals surface area contributed by atoms with E-state index in [1.54, 1.807) is 36.8 Å². The Balaban J connectivity index is 1.14. The van der Waals surface area contributed by atoms with Crippen molar-refractivity contribution in [3.8, 4) is 34.5 Å². The largest absolute Gasteiger partial charge is 0.383 e. The number of rotatable bonds is 7. The van der Waals surface area contributed by atoms with Gasteiger partial charge in [0.25, 0.3) is 0 Å². The van der Waals surface area contributed by atoms with Gasteiger partial charge in [0.1, 0.15) is 28.9 Å². The van der Waals surface area contributed by atoms with Crippen LogP contribution in [-0.4, -0.2) is 58.5 Å². The molecule has 45 heavy (non-hydrogen) atoms. The molecule has 7 rings (SSSR count). The lowest BCUT2D eigenvalue weighted by Crippen LogP contribution is -2.38. The third-order valence-corrected chi connectivity index (χ3v) is 7.88. The molecule has 0 bridgehead atoms. The first-order valence-electron chi connectivity index (χ1n) is 14.6. The van der Waals surface area contributed by atoms with Gasteiger partial charge in [-0.05, 0) is 73.0 Å². The number of fused-ring (bicyclic) bond motifs is 1. The van der Waals surface area contributed by atoms with Gasteiger partial charge in [-0.25, -0.2) is 29.3 Å². The molecular formula is C33H28FN11. The van der Waals surface area contributed by atoms with Gasteiger partial charge in [-0.3, -0.25) is 14.5 Å². The lowest BCUT2D eigenvalue weighted by atomic mass is 10.0. The quantitative estimate of drug-likeness (QED) is 0.257.